The van der Waals surface area contributed by atoms with Crippen LogP contribution in [0.2, 0.25) is 0 Å². The topological polar surface area (TPSA) is 122 Å². The Morgan fingerprint density at radius 3 is 2.37 bits per heavy atom. The number of fused-ring (bicyclic) bond motifs is 4. The van der Waals surface area contributed by atoms with Gasteiger partial charge in [-0.15, -0.1) is 0 Å². The smallest absolute Gasteiger partial charge is 0.414 e. The molecule has 3 heterocycles. The largest absolute Gasteiger partial charge is 0.479 e. The van der Waals surface area contributed by atoms with Crippen molar-refractivity contribution in [3.8, 4) is 11.1 Å². The van der Waals surface area contributed by atoms with Crippen molar-refractivity contribution < 1.29 is 28.8 Å². The van der Waals surface area contributed by atoms with Crippen LogP contribution in [0.1, 0.15) is 47.3 Å². The van der Waals surface area contributed by atoms with Gasteiger partial charge in [0.15, 0.2) is 5.69 Å². The number of amides is 2. The van der Waals surface area contributed by atoms with Crippen LogP contribution in [-0.4, -0.2) is 51.8 Å². The Bertz CT molecular complexity index is 1330. The van der Waals surface area contributed by atoms with Crippen molar-refractivity contribution >= 4 is 23.9 Å². The highest BCUT2D eigenvalue weighted by Gasteiger charge is 2.68. The molecule has 2 aliphatic carbocycles. The van der Waals surface area contributed by atoms with Crippen molar-refractivity contribution in [2.45, 2.75) is 31.2 Å². The number of carbonyl (C=O) groups excluding carboxylic acids is 2. The molecular formula is C26H23N3O6. The second kappa shape index (κ2) is 7.43. The predicted molar refractivity (Wildman–Crippen MR) is 124 cm³/mol. The molecular weight excluding hydrogens is 450 g/mol. The summed E-state index contributed by atoms with van der Waals surface area (Å²) in [6, 6.07) is 17.4. The van der Waals surface area contributed by atoms with Gasteiger partial charge < -0.3 is 19.3 Å². The lowest BCUT2D eigenvalue weighted by molar-refractivity contribution is -0.153. The molecule has 0 atom stereocenters. The van der Waals surface area contributed by atoms with Crippen LogP contribution in [0.3, 0.4) is 0 Å². The molecule has 0 spiro atoms. The average molecular weight is 473 g/mol. The monoisotopic (exact) mass is 473 g/mol. The Labute approximate surface area is 200 Å². The summed E-state index contributed by atoms with van der Waals surface area (Å²) in [5, 5.41) is 15.9. The Morgan fingerprint density at radius 1 is 1.11 bits per heavy atom. The van der Waals surface area contributed by atoms with Crippen LogP contribution >= 0.6 is 0 Å². The van der Waals surface area contributed by atoms with Crippen molar-refractivity contribution in [3.63, 3.8) is 0 Å². The van der Waals surface area contributed by atoms with Gasteiger partial charge in [-0.3, -0.25) is 10.1 Å². The molecule has 0 radical (unpaired) electrons. The van der Waals surface area contributed by atoms with Gasteiger partial charge >= 0.3 is 12.1 Å². The minimum absolute atomic E-state index is 0.0484. The number of rotatable bonds is 5. The molecule has 9 heteroatoms. The Morgan fingerprint density at radius 2 is 1.74 bits per heavy atom. The third-order valence-electron chi connectivity index (χ3n) is 7.44. The van der Waals surface area contributed by atoms with E-state index in [2.05, 4.69) is 22.6 Å². The van der Waals surface area contributed by atoms with E-state index < -0.39 is 23.5 Å². The Hall–Kier alpha value is -4.14. The van der Waals surface area contributed by atoms with E-state index in [1.807, 2.05) is 43.3 Å². The first-order valence-corrected chi connectivity index (χ1v) is 11.4. The van der Waals surface area contributed by atoms with E-state index in [0.29, 0.717) is 19.4 Å². The highest BCUT2D eigenvalue weighted by atomic mass is 16.6. The number of carboxylic acid groups (broad SMARTS) is 1. The van der Waals surface area contributed by atoms with Crippen LogP contribution in [0.5, 0.6) is 0 Å². The van der Waals surface area contributed by atoms with E-state index in [0.717, 1.165) is 22.3 Å². The van der Waals surface area contributed by atoms with Gasteiger partial charge in [0, 0.05) is 18.5 Å². The van der Waals surface area contributed by atoms with Crippen LogP contribution in [0, 0.1) is 5.41 Å². The summed E-state index contributed by atoms with van der Waals surface area (Å²) in [7, 11) is 0. The van der Waals surface area contributed by atoms with Gasteiger partial charge in [-0.1, -0.05) is 60.6 Å². The number of aromatic nitrogens is 1. The fourth-order valence-corrected chi connectivity index (χ4v) is 6.04. The lowest BCUT2D eigenvalue weighted by Crippen LogP contribution is -2.56. The third-order valence-corrected chi connectivity index (χ3v) is 7.44. The van der Waals surface area contributed by atoms with E-state index in [1.54, 1.807) is 0 Å². The van der Waals surface area contributed by atoms with Gasteiger partial charge in [-0.25, -0.2) is 9.59 Å². The van der Waals surface area contributed by atoms with E-state index in [4.69, 9.17) is 9.26 Å². The number of nitrogens with zero attached hydrogens (tertiary/aromatic N) is 2. The summed E-state index contributed by atoms with van der Waals surface area (Å²) in [5.74, 6) is -1.68. The molecule has 4 aliphatic rings. The summed E-state index contributed by atoms with van der Waals surface area (Å²) < 4.78 is 10.6. The molecule has 2 amide bonds. The first-order valence-electron chi connectivity index (χ1n) is 11.4. The SMILES string of the molecule is CC12CN(C(=O)c3cc(NC(=O)OCC4c5ccccc5-c5ccccc54)on3)C(C(=O)O)(C1)C2. The summed E-state index contributed by atoms with van der Waals surface area (Å²) in [5.41, 5.74) is 3.01. The minimum atomic E-state index is -1.19. The minimum Gasteiger partial charge on any atom is -0.479 e. The molecule has 3 aromatic rings. The molecule has 2 aromatic carbocycles. The van der Waals surface area contributed by atoms with Crippen LogP contribution in [0.25, 0.3) is 11.1 Å². The lowest BCUT2D eigenvalue weighted by Gasteiger charge is -2.42. The van der Waals surface area contributed by atoms with E-state index >= 15 is 0 Å². The highest BCUT2D eigenvalue weighted by molar-refractivity contribution is 5.99. The summed E-state index contributed by atoms with van der Waals surface area (Å²) in [6.07, 6.45) is 0.105. The normalized spacial score (nSPS) is 23.9. The number of carbonyl (C=O) groups is 3. The molecule has 35 heavy (non-hydrogen) atoms. The van der Waals surface area contributed by atoms with Crippen molar-refractivity contribution in [1.29, 1.82) is 0 Å². The first-order chi connectivity index (χ1) is 16.8. The van der Waals surface area contributed by atoms with E-state index in [9.17, 15) is 19.5 Å². The number of nitrogens with one attached hydrogen (secondary N) is 1. The molecule has 1 saturated carbocycles. The van der Waals surface area contributed by atoms with E-state index in [1.165, 1.54) is 11.0 Å². The first kappa shape index (κ1) is 21.4. The van der Waals surface area contributed by atoms with Gasteiger partial charge in [-0.05, 0) is 40.5 Å². The maximum Gasteiger partial charge on any atom is 0.414 e. The molecule has 2 bridgehead atoms. The van der Waals surface area contributed by atoms with Gasteiger partial charge in [-0.2, -0.15) is 0 Å². The van der Waals surface area contributed by atoms with Gasteiger partial charge in [0.05, 0.1) is 0 Å². The molecule has 2 aliphatic heterocycles. The average Bonchev–Trinajstić information content (AvgIpc) is 3.56. The van der Waals surface area contributed by atoms with Gasteiger partial charge in [0.2, 0.25) is 5.88 Å². The third kappa shape index (κ3) is 3.22. The zero-order valence-corrected chi connectivity index (χ0v) is 19.0. The second-order valence-electron chi connectivity index (χ2n) is 9.92. The van der Waals surface area contributed by atoms with Crippen LogP contribution in [0.15, 0.2) is 59.1 Å². The molecule has 9 nitrogen and oxygen atoms in total. The molecule has 2 saturated heterocycles. The Kier molecular flexibility index (Phi) is 4.54. The zero-order chi connectivity index (χ0) is 24.4. The number of carboxylic acids is 1. The number of hydrogen-bond acceptors (Lipinski definition) is 6. The van der Waals surface area contributed by atoms with E-state index in [-0.39, 0.29) is 29.5 Å². The van der Waals surface area contributed by atoms with Crippen molar-refractivity contribution in [2.24, 2.45) is 5.41 Å². The maximum atomic E-state index is 13.0. The number of ether oxygens (including phenoxy) is 1. The fraction of sp³-hybridized carbons (Fsp3) is 0.308. The predicted octanol–water partition coefficient (Wildman–Crippen LogP) is 4.11. The Balaban J connectivity index is 1.12. The quantitative estimate of drug-likeness (QED) is 0.572. The molecule has 0 unspecified atom stereocenters. The number of anilines is 1. The molecule has 178 valence electrons. The number of benzene rings is 2. The molecule has 3 fully saturated rings. The maximum absolute atomic E-state index is 13.0. The summed E-state index contributed by atoms with van der Waals surface area (Å²) in [6.45, 7) is 2.45. The standard InChI is InChI=1S/C26H23N3O6/c1-25-12-26(13-25,23(31)32)29(14-25)22(30)20-10-21(35-28-20)27-24(33)34-11-19-17-8-4-2-6-15(17)16-7-3-5-9-18(16)19/h2-10,19H,11-14H2,1H3,(H,27,33)(H,31,32). The van der Waals surface area contributed by atoms with Crippen molar-refractivity contribution in [1.82, 2.24) is 10.1 Å². The van der Waals surface area contributed by atoms with Crippen molar-refractivity contribution in [3.05, 3.63) is 71.4 Å². The lowest BCUT2D eigenvalue weighted by atomic mass is 9.63. The van der Waals surface area contributed by atoms with Gasteiger partial charge in [0.1, 0.15) is 12.1 Å². The summed E-state index contributed by atoms with van der Waals surface area (Å²) in [4.78, 5) is 38.6. The van der Waals surface area contributed by atoms with Crippen LogP contribution < -0.4 is 5.32 Å². The molecule has 2 N–H and O–H groups in total. The number of hydrogen-bond donors (Lipinski definition) is 2. The van der Waals surface area contributed by atoms with Gasteiger partial charge in [0.25, 0.3) is 5.91 Å². The van der Waals surface area contributed by atoms with Crippen molar-refractivity contribution in [2.75, 3.05) is 18.5 Å². The number of aliphatic carboxylic acids is 1. The fourth-order valence-electron chi connectivity index (χ4n) is 6.04. The second-order valence-corrected chi connectivity index (χ2v) is 9.92. The van der Waals surface area contributed by atoms with Crippen LogP contribution in [0.4, 0.5) is 10.7 Å². The molecule has 1 aromatic heterocycles. The highest BCUT2D eigenvalue weighted by Crippen LogP contribution is 2.59. The summed E-state index contributed by atoms with van der Waals surface area (Å²) >= 11 is 0. The zero-order valence-electron chi connectivity index (χ0n) is 19.0. The molecule has 7 rings (SSSR count). The van der Waals surface area contributed by atoms with Crippen LogP contribution in [-0.2, 0) is 9.53 Å².